The predicted octanol–water partition coefficient (Wildman–Crippen LogP) is 3.59. The molecule has 0 amide bonds. The van der Waals surface area contributed by atoms with E-state index >= 15 is 0 Å². The number of nitrogens with zero attached hydrogens (tertiary/aromatic N) is 2. The van der Waals surface area contributed by atoms with Crippen molar-refractivity contribution in [3.63, 3.8) is 0 Å². The Morgan fingerprint density at radius 3 is 3.00 bits per heavy atom. The minimum absolute atomic E-state index is 0.411. The molecule has 20 heavy (non-hydrogen) atoms. The van der Waals surface area contributed by atoms with Gasteiger partial charge in [0.2, 0.25) is 0 Å². The maximum atomic E-state index is 8.86. The summed E-state index contributed by atoms with van der Waals surface area (Å²) in [6.45, 7) is 2.22. The zero-order chi connectivity index (χ0) is 13.9. The number of aryl methyl sites for hydroxylation is 1. The number of aromatic nitrogens is 1. The number of hydrogen-bond acceptors (Lipinski definition) is 4. The van der Waals surface area contributed by atoms with E-state index in [1.165, 1.54) is 0 Å². The molecule has 1 heterocycles. The van der Waals surface area contributed by atoms with Crippen LogP contribution in [0.3, 0.4) is 0 Å². The van der Waals surface area contributed by atoms with Gasteiger partial charge in [0.25, 0.3) is 0 Å². The van der Waals surface area contributed by atoms with E-state index in [2.05, 4.69) is 11.1 Å². The second-order valence-corrected chi connectivity index (χ2v) is 4.46. The summed E-state index contributed by atoms with van der Waals surface area (Å²) in [7, 11) is 0. The van der Waals surface area contributed by atoms with Gasteiger partial charge < -0.3 is 9.15 Å². The summed E-state index contributed by atoms with van der Waals surface area (Å²) < 4.78 is 11.2. The van der Waals surface area contributed by atoms with Crippen molar-refractivity contribution in [1.82, 2.24) is 4.98 Å². The van der Waals surface area contributed by atoms with E-state index in [0.717, 1.165) is 16.8 Å². The van der Waals surface area contributed by atoms with E-state index in [-0.39, 0.29) is 0 Å². The van der Waals surface area contributed by atoms with Gasteiger partial charge in [-0.2, -0.15) is 5.26 Å². The maximum Gasteiger partial charge on any atom is 0.192 e. The zero-order valence-electron chi connectivity index (χ0n) is 11.0. The van der Waals surface area contributed by atoms with Gasteiger partial charge >= 0.3 is 0 Å². The van der Waals surface area contributed by atoms with E-state index in [1.807, 2.05) is 43.3 Å². The van der Waals surface area contributed by atoms with Gasteiger partial charge in [-0.15, -0.1) is 0 Å². The van der Waals surface area contributed by atoms with Gasteiger partial charge in [-0.3, -0.25) is 0 Å². The second kappa shape index (κ2) is 5.06. The molecule has 3 aromatic rings. The third kappa shape index (κ3) is 2.47. The Kier molecular flexibility index (Phi) is 3.10. The molecule has 0 unspecified atom stereocenters. The lowest BCUT2D eigenvalue weighted by molar-refractivity contribution is 0.306. The predicted molar refractivity (Wildman–Crippen MR) is 74.2 cm³/mol. The molecule has 0 N–H and O–H groups in total. The van der Waals surface area contributed by atoms with E-state index < -0.39 is 0 Å². The molecule has 4 nitrogen and oxygen atoms in total. The fourth-order valence-electron chi connectivity index (χ4n) is 2.01. The van der Waals surface area contributed by atoms with Crippen LogP contribution in [0.15, 0.2) is 46.9 Å². The highest BCUT2D eigenvalue weighted by Crippen LogP contribution is 2.22. The summed E-state index contributed by atoms with van der Waals surface area (Å²) in [5, 5.41) is 8.86. The van der Waals surface area contributed by atoms with E-state index in [1.54, 1.807) is 6.07 Å². The first-order valence-corrected chi connectivity index (χ1v) is 6.23. The van der Waals surface area contributed by atoms with Gasteiger partial charge in [0.05, 0.1) is 11.6 Å². The average molecular weight is 264 g/mol. The summed E-state index contributed by atoms with van der Waals surface area (Å²) >= 11 is 0. The number of rotatable bonds is 3. The maximum absolute atomic E-state index is 8.86. The molecular weight excluding hydrogens is 252 g/mol. The van der Waals surface area contributed by atoms with E-state index in [9.17, 15) is 0 Å². The minimum Gasteiger partial charge on any atom is -0.489 e. The van der Waals surface area contributed by atoms with Crippen LogP contribution in [0.25, 0.3) is 11.1 Å². The number of hydrogen-bond donors (Lipinski definition) is 0. The van der Waals surface area contributed by atoms with Crippen LogP contribution in [0.4, 0.5) is 0 Å². The fraction of sp³-hybridized carbons (Fsp3) is 0.125. The first-order valence-electron chi connectivity index (χ1n) is 6.23. The summed E-state index contributed by atoms with van der Waals surface area (Å²) in [4.78, 5) is 4.24. The van der Waals surface area contributed by atoms with Crippen molar-refractivity contribution in [3.05, 3.63) is 59.5 Å². The molecule has 4 heteroatoms. The monoisotopic (exact) mass is 264 g/mol. The molecule has 0 atom stereocenters. The number of benzene rings is 2. The summed E-state index contributed by atoms with van der Waals surface area (Å²) in [6, 6.07) is 15.0. The Labute approximate surface area is 116 Å². The summed E-state index contributed by atoms with van der Waals surface area (Å²) in [5.41, 5.74) is 3.12. The Morgan fingerprint density at radius 1 is 1.25 bits per heavy atom. The molecular formula is C16H12N2O2. The van der Waals surface area contributed by atoms with Gasteiger partial charge in [0.1, 0.15) is 17.9 Å². The first-order chi connectivity index (χ1) is 9.74. The molecule has 3 rings (SSSR count). The summed E-state index contributed by atoms with van der Waals surface area (Å²) in [5.74, 6) is 1.36. The molecule has 0 aliphatic heterocycles. The highest BCUT2D eigenvalue weighted by molar-refractivity contribution is 5.74. The molecule has 1 aromatic heterocycles. The molecule has 0 fully saturated rings. The van der Waals surface area contributed by atoms with Crippen molar-refractivity contribution >= 4 is 11.1 Å². The molecule has 0 saturated heterocycles. The van der Waals surface area contributed by atoms with Crippen LogP contribution in [-0.2, 0) is 6.61 Å². The van der Waals surface area contributed by atoms with Crippen molar-refractivity contribution in [2.24, 2.45) is 0 Å². The van der Waals surface area contributed by atoms with E-state index in [0.29, 0.717) is 23.6 Å². The van der Waals surface area contributed by atoms with Crippen LogP contribution >= 0.6 is 0 Å². The Bertz CT molecular complexity index is 800. The molecule has 98 valence electrons. The highest BCUT2D eigenvalue weighted by atomic mass is 16.5. The molecule has 0 aliphatic rings. The lowest BCUT2D eigenvalue weighted by atomic mass is 10.1. The van der Waals surface area contributed by atoms with Crippen LogP contribution in [0, 0.1) is 18.3 Å². The Balaban J connectivity index is 1.77. The second-order valence-electron chi connectivity index (χ2n) is 4.46. The largest absolute Gasteiger partial charge is 0.489 e. The van der Waals surface area contributed by atoms with Crippen LogP contribution < -0.4 is 4.74 Å². The molecule has 2 aromatic carbocycles. The zero-order valence-corrected chi connectivity index (χ0v) is 11.0. The fourth-order valence-corrected chi connectivity index (χ4v) is 2.01. The molecule has 0 bridgehead atoms. The normalized spacial score (nSPS) is 10.4. The number of nitriles is 1. The minimum atomic E-state index is 0.411. The van der Waals surface area contributed by atoms with Gasteiger partial charge in [-0.25, -0.2) is 4.98 Å². The number of oxazole rings is 1. The van der Waals surface area contributed by atoms with Crippen molar-refractivity contribution < 1.29 is 9.15 Å². The van der Waals surface area contributed by atoms with Gasteiger partial charge in [0.15, 0.2) is 11.5 Å². The molecule has 0 spiro atoms. The van der Waals surface area contributed by atoms with Crippen molar-refractivity contribution in [2.75, 3.05) is 0 Å². The van der Waals surface area contributed by atoms with E-state index in [4.69, 9.17) is 14.4 Å². The third-order valence-corrected chi connectivity index (χ3v) is 2.93. The average Bonchev–Trinajstić information content (AvgIpc) is 2.84. The standard InChI is InChI=1S/C16H12N2O2/c1-11-18-15-6-5-14(8-16(15)20-11)19-10-13-4-2-3-12(7-13)9-17/h2-8H,10H2,1H3. The molecule has 0 aliphatic carbocycles. The van der Waals surface area contributed by atoms with Gasteiger partial charge in [-0.05, 0) is 29.8 Å². The SMILES string of the molecule is Cc1nc2ccc(OCc3cccc(C#N)c3)cc2o1. The number of fused-ring (bicyclic) bond motifs is 1. The van der Waals surface area contributed by atoms with Gasteiger partial charge in [0, 0.05) is 13.0 Å². The first kappa shape index (κ1) is 12.2. The molecule has 0 saturated carbocycles. The Hall–Kier alpha value is -2.80. The van der Waals surface area contributed by atoms with Crippen LogP contribution in [0.1, 0.15) is 17.0 Å². The van der Waals surface area contributed by atoms with Crippen LogP contribution in [-0.4, -0.2) is 4.98 Å². The summed E-state index contributed by atoms with van der Waals surface area (Å²) in [6.07, 6.45) is 0. The lowest BCUT2D eigenvalue weighted by Crippen LogP contribution is -1.95. The quantitative estimate of drug-likeness (QED) is 0.725. The van der Waals surface area contributed by atoms with Crippen LogP contribution in [0.2, 0.25) is 0 Å². The van der Waals surface area contributed by atoms with Gasteiger partial charge in [-0.1, -0.05) is 12.1 Å². The van der Waals surface area contributed by atoms with Crippen molar-refractivity contribution in [3.8, 4) is 11.8 Å². The van der Waals surface area contributed by atoms with Crippen molar-refractivity contribution in [1.29, 1.82) is 5.26 Å². The smallest absolute Gasteiger partial charge is 0.192 e. The topological polar surface area (TPSA) is 59.0 Å². The third-order valence-electron chi connectivity index (χ3n) is 2.93. The Morgan fingerprint density at radius 2 is 2.15 bits per heavy atom. The number of ether oxygens (including phenoxy) is 1. The lowest BCUT2D eigenvalue weighted by Gasteiger charge is -2.06. The molecule has 0 radical (unpaired) electrons. The van der Waals surface area contributed by atoms with Crippen LogP contribution in [0.5, 0.6) is 5.75 Å². The van der Waals surface area contributed by atoms with Crippen molar-refractivity contribution in [2.45, 2.75) is 13.5 Å². The highest BCUT2D eigenvalue weighted by Gasteiger charge is 2.04.